The molecule has 0 aliphatic carbocycles. The van der Waals surface area contributed by atoms with Gasteiger partial charge in [-0.3, -0.25) is 0 Å². The van der Waals surface area contributed by atoms with E-state index in [4.69, 9.17) is 5.41 Å². The quantitative estimate of drug-likeness (QED) is 0.539. The van der Waals surface area contributed by atoms with Crippen LogP contribution in [0.1, 0.15) is 26.2 Å². The van der Waals surface area contributed by atoms with Crippen molar-refractivity contribution in [3.63, 3.8) is 0 Å². The third-order valence-corrected chi connectivity index (χ3v) is 1.33. The molecule has 47 valence electrons. The van der Waals surface area contributed by atoms with Crippen molar-refractivity contribution < 1.29 is 0 Å². The van der Waals surface area contributed by atoms with Gasteiger partial charge in [0, 0.05) is 0 Å². The summed E-state index contributed by atoms with van der Waals surface area (Å²) in [6, 6.07) is 0. The first-order valence-electron chi connectivity index (χ1n) is 3.15. The molecule has 1 atom stereocenters. The van der Waals surface area contributed by atoms with Crippen LogP contribution in [0.3, 0.4) is 0 Å². The minimum atomic E-state index is 0.479. The molecule has 0 saturated heterocycles. The number of nitrogens with one attached hydrogen (secondary N) is 1. The molecule has 0 fully saturated rings. The molecule has 0 heterocycles. The molecule has 1 unspecified atom stereocenters. The van der Waals surface area contributed by atoms with Gasteiger partial charge >= 0.3 is 0 Å². The monoisotopic (exact) mass is 112 g/mol. The third kappa shape index (κ3) is 2.78. The Morgan fingerprint density at radius 1 is 1.75 bits per heavy atom. The predicted octanol–water partition coefficient (Wildman–Crippen LogP) is 2.28. The molecule has 1 N–H and O–H groups in total. The lowest BCUT2D eigenvalue weighted by molar-refractivity contribution is 0.620. The van der Waals surface area contributed by atoms with Crippen LogP contribution >= 0.6 is 0 Å². The van der Waals surface area contributed by atoms with Crippen LogP contribution in [-0.4, -0.2) is 6.21 Å². The molecule has 1 radical (unpaired) electrons. The van der Waals surface area contributed by atoms with Crippen molar-refractivity contribution in [2.75, 3.05) is 0 Å². The lowest BCUT2D eigenvalue weighted by atomic mass is 10.0. The zero-order valence-electron chi connectivity index (χ0n) is 5.48. The maximum absolute atomic E-state index is 6.91. The molecule has 0 aromatic rings. The number of hydrogen-bond acceptors (Lipinski definition) is 1. The molecular formula is C7H14N. The summed E-state index contributed by atoms with van der Waals surface area (Å²) in [7, 11) is 0. The van der Waals surface area contributed by atoms with Gasteiger partial charge in [-0.25, -0.2) is 0 Å². The molecule has 1 nitrogen and oxygen atoms in total. The largest absolute Gasteiger partial charge is 0.313 e. The van der Waals surface area contributed by atoms with E-state index in [2.05, 4.69) is 13.8 Å². The molecule has 0 spiro atoms. The van der Waals surface area contributed by atoms with Crippen molar-refractivity contribution in [2.45, 2.75) is 26.2 Å². The van der Waals surface area contributed by atoms with Crippen molar-refractivity contribution in [1.29, 1.82) is 5.41 Å². The molecule has 1 heteroatoms. The van der Waals surface area contributed by atoms with Gasteiger partial charge in [-0.15, -0.1) is 0 Å². The van der Waals surface area contributed by atoms with Crippen LogP contribution in [0, 0.1) is 18.3 Å². The van der Waals surface area contributed by atoms with Gasteiger partial charge in [0.15, 0.2) is 0 Å². The van der Waals surface area contributed by atoms with Crippen molar-refractivity contribution >= 4 is 6.21 Å². The predicted molar refractivity (Wildman–Crippen MR) is 37.2 cm³/mol. The normalized spacial score (nSPS) is 13.2. The highest BCUT2D eigenvalue weighted by Crippen LogP contribution is 2.05. The summed E-state index contributed by atoms with van der Waals surface area (Å²) in [6.45, 7) is 5.82. The third-order valence-electron chi connectivity index (χ3n) is 1.33. The minimum absolute atomic E-state index is 0.479. The minimum Gasteiger partial charge on any atom is -0.313 e. The Bertz CT molecular complexity index is 59.4. The van der Waals surface area contributed by atoms with Gasteiger partial charge in [-0.05, 0) is 25.0 Å². The fourth-order valence-electron chi connectivity index (χ4n) is 0.667. The molecule has 0 aromatic carbocycles. The number of rotatable bonds is 4. The maximum atomic E-state index is 6.91. The maximum Gasteiger partial charge on any atom is -0.00168 e. The standard InChI is InChI=1S/C7H14N/c1-3-5-7(4-2)6-8/h6-8H,1,3-5H2,2H3. The second kappa shape index (κ2) is 4.82. The van der Waals surface area contributed by atoms with Crippen molar-refractivity contribution in [3.8, 4) is 0 Å². The lowest BCUT2D eigenvalue weighted by Crippen LogP contribution is -1.97. The fourth-order valence-corrected chi connectivity index (χ4v) is 0.667. The Morgan fingerprint density at radius 3 is 2.50 bits per heavy atom. The van der Waals surface area contributed by atoms with Gasteiger partial charge in [0.25, 0.3) is 0 Å². The molecule has 0 aliphatic heterocycles. The summed E-state index contributed by atoms with van der Waals surface area (Å²) >= 11 is 0. The summed E-state index contributed by atoms with van der Waals surface area (Å²) in [6.07, 6.45) is 4.62. The summed E-state index contributed by atoms with van der Waals surface area (Å²) in [5.74, 6) is 0.479. The lowest BCUT2D eigenvalue weighted by Gasteiger charge is -2.03. The fraction of sp³-hybridized carbons (Fsp3) is 0.714. The highest BCUT2D eigenvalue weighted by molar-refractivity contribution is 5.56. The average molecular weight is 112 g/mol. The van der Waals surface area contributed by atoms with E-state index < -0.39 is 0 Å². The SMILES string of the molecule is [CH2]CCC(C=N)CC. The van der Waals surface area contributed by atoms with Crippen LogP contribution in [0.25, 0.3) is 0 Å². The van der Waals surface area contributed by atoms with Crippen LogP contribution in [0.5, 0.6) is 0 Å². The van der Waals surface area contributed by atoms with E-state index >= 15 is 0 Å². The molecule has 0 aliphatic rings. The Kier molecular flexibility index (Phi) is 4.62. The Balaban J connectivity index is 3.21. The average Bonchev–Trinajstić information content (AvgIpc) is 1.83. The second-order valence-corrected chi connectivity index (χ2v) is 1.98. The summed E-state index contributed by atoms with van der Waals surface area (Å²) in [5, 5.41) is 6.91. The van der Waals surface area contributed by atoms with Crippen LogP contribution in [-0.2, 0) is 0 Å². The zero-order chi connectivity index (χ0) is 6.41. The molecule has 8 heavy (non-hydrogen) atoms. The summed E-state index contributed by atoms with van der Waals surface area (Å²) < 4.78 is 0. The summed E-state index contributed by atoms with van der Waals surface area (Å²) in [5.41, 5.74) is 0. The van der Waals surface area contributed by atoms with E-state index in [9.17, 15) is 0 Å². The number of hydrogen-bond donors (Lipinski definition) is 1. The molecular weight excluding hydrogens is 98.1 g/mol. The first-order chi connectivity index (χ1) is 3.85. The van der Waals surface area contributed by atoms with Crippen molar-refractivity contribution in [2.24, 2.45) is 5.92 Å². The molecule has 0 bridgehead atoms. The highest BCUT2D eigenvalue weighted by Gasteiger charge is 1.97. The van der Waals surface area contributed by atoms with Crippen LogP contribution < -0.4 is 0 Å². The molecule has 0 amide bonds. The van der Waals surface area contributed by atoms with Crippen molar-refractivity contribution in [1.82, 2.24) is 0 Å². The first kappa shape index (κ1) is 7.67. The van der Waals surface area contributed by atoms with E-state index in [1.54, 1.807) is 0 Å². The molecule has 0 aromatic heterocycles. The Morgan fingerprint density at radius 2 is 2.38 bits per heavy atom. The Labute approximate surface area is 51.6 Å². The topological polar surface area (TPSA) is 23.9 Å². The van der Waals surface area contributed by atoms with Gasteiger partial charge in [-0.1, -0.05) is 20.3 Å². The van der Waals surface area contributed by atoms with E-state index in [1.807, 2.05) is 0 Å². The van der Waals surface area contributed by atoms with Gasteiger partial charge in [0.05, 0.1) is 0 Å². The smallest absolute Gasteiger partial charge is 0.00168 e. The van der Waals surface area contributed by atoms with Crippen LogP contribution in [0.2, 0.25) is 0 Å². The second-order valence-electron chi connectivity index (χ2n) is 1.98. The highest BCUT2D eigenvalue weighted by atomic mass is 14.3. The van der Waals surface area contributed by atoms with E-state index in [0.29, 0.717) is 5.92 Å². The van der Waals surface area contributed by atoms with Crippen molar-refractivity contribution in [3.05, 3.63) is 6.92 Å². The van der Waals surface area contributed by atoms with E-state index in [1.165, 1.54) is 6.21 Å². The van der Waals surface area contributed by atoms with Gasteiger partial charge in [-0.2, -0.15) is 0 Å². The molecule has 0 rings (SSSR count). The Hall–Kier alpha value is -0.330. The van der Waals surface area contributed by atoms with Gasteiger partial charge < -0.3 is 5.41 Å². The molecule has 0 saturated carbocycles. The van der Waals surface area contributed by atoms with E-state index in [-0.39, 0.29) is 0 Å². The summed E-state index contributed by atoms with van der Waals surface area (Å²) in [4.78, 5) is 0. The van der Waals surface area contributed by atoms with E-state index in [0.717, 1.165) is 19.3 Å². The van der Waals surface area contributed by atoms with Gasteiger partial charge in [0.2, 0.25) is 0 Å². The van der Waals surface area contributed by atoms with Gasteiger partial charge in [0.1, 0.15) is 0 Å². The first-order valence-corrected chi connectivity index (χ1v) is 3.15. The zero-order valence-corrected chi connectivity index (χ0v) is 5.48. The van der Waals surface area contributed by atoms with Crippen LogP contribution in [0.15, 0.2) is 0 Å². The van der Waals surface area contributed by atoms with Crippen LogP contribution in [0.4, 0.5) is 0 Å².